The Labute approximate surface area is 91.1 Å². The lowest BCUT2D eigenvalue weighted by atomic mass is 10.3. The molecule has 0 bridgehead atoms. The van der Waals surface area contributed by atoms with E-state index in [1.165, 1.54) is 23.5 Å². The molecule has 80 valence electrons. The molecule has 3 N–H and O–H groups in total. The normalized spacial score (nSPS) is 10.8. The van der Waals surface area contributed by atoms with Crippen LogP contribution in [0.1, 0.15) is 6.42 Å². The molecule has 0 amide bonds. The van der Waals surface area contributed by atoms with Crippen molar-refractivity contribution in [1.82, 2.24) is 4.98 Å². The summed E-state index contributed by atoms with van der Waals surface area (Å²) in [6.45, 7) is 1.46. The lowest BCUT2D eigenvalue weighted by Gasteiger charge is -1.98. The first-order valence-corrected chi connectivity index (χ1v) is 5.61. The molecule has 1 heterocycles. The molecule has 0 fully saturated rings. The zero-order valence-electron chi connectivity index (χ0n) is 8.16. The highest BCUT2D eigenvalue weighted by atomic mass is 32.1. The van der Waals surface area contributed by atoms with Crippen LogP contribution in [-0.2, 0) is 0 Å². The highest BCUT2D eigenvalue weighted by Gasteiger charge is 2.03. The van der Waals surface area contributed by atoms with Gasteiger partial charge in [-0.2, -0.15) is 0 Å². The largest absolute Gasteiger partial charge is 0.361 e. The number of anilines is 1. The smallest absolute Gasteiger partial charge is 0.183 e. The summed E-state index contributed by atoms with van der Waals surface area (Å²) < 4.78 is 13.8. The van der Waals surface area contributed by atoms with Crippen molar-refractivity contribution >= 4 is 26.7 Å². The summed E-state index contributed by atoms with van der Waals surface area (Å²) >= 11 is 1.46. The highest BCUT2D eigenvalue weighted by molar-refractivity contribution is 7.22. The van der Waals surface area contributed by atoms with Crippen molar-refractivity contribution < 1.29 is 4.39 Å². The fraction of sp³-hybridized carbons (Fsp3) is 0.300. The fourth-order valence-electron chi connectivity index (χ4n) is 1.27. The van der Waals surface area contributed by atoms with Crippen LogP contribution >= 0.6 is 11.3 Å². The zero-order chi connectivity index (χ0) is 10.7. The molecule has 15 heavy (non-hydrogen) atoms. The molecule has 2 aromatic rings. The first-order chi connectivity index (χ1) is 7.29. The van der Waals surface area contributed by atoms with Crippen molar-refractivity contribution in [3.8, 4) is 0 Å². The minimum absolute atomic E-state index is 0.223. The third-order valence-electron chi connectivity index (χ3n) is 2.01. The Kier molecular flexibility index (Phi) is 3.13. The van der Waals surface area contributed by atoms with Gasteiger partial charge in [-0.25, -0.2) is 9.37 Å². The third kappa shape index (κ3) is 2.43. The number of aromatic nitrogens is 1. The van der Waals surface area contributed by atoms with Crippen molar-refractivity contribution in [3.63, 3.8) is 0 Å². The van der Waals surface area contributed by atoms with Crippen LogP contribution in [0.4, 0.5) is 9.52 Å². The predicted octanol–water partition coefficient (Wildman–Crippen LogP) is 2.20. The van der Waals surface area contributed by atoms with Crippen LogP contribution < -0.4 is 11.1 Å². The minimum Gasteiger partial charge on any atom is -0.361 e. The van der Waals surface area contributed by atoms with Gasteiger partial charge in [-0.3, -0.25) is 0 Å². The molecule has 0 aliphatic heterocycles. The molecule has 0 spiro atoms. The van der Waals surface area contributed by atoms with E-state index < -0.39 is 0 Å². The summed E-state index contributed by atoms with van der Waals surface area (Å²) in [4.78, 5) is 4.33. The number of rotatable bonds is 4. The molecular weight excluding hydrogens is 213 g/mol. The number of nitrogens with one attached hydrogen (secondary N) is 1. The Morgan fingerprint density at radius 1 is 1.47 bits per heavy atom. The Bertz CT molecular complexity index is 455. The van der Waals surface area contributed by atoms with E-state index in [1.807, 2.05) is 0 Å². The average molecular weight is 225 g/mol. The maximum absolute atomic E-state index is 12.9. The number of thiazole rings is 1. The van der Waals surface area contributed by atoms with Crippen LogP contribution in [0.3, 0.4) is 0 Å². The zero-order valence-corrected chi connectivity index (χ0v) is 8.98. The number of nitrogens with zero attached hydrogens (tertiary/aromatic N) is 1. The Balaban J connectivity index is 2.16. The first-order valence-electron chi connectivity index (χ1n) is 4.79. The molecule has 5 heteroatoms. The van der Waals surface area contributed by atoms with Gasteiger partial charge in [-0.1, -0.05) is 11.3 Å². The number of fused-ring (bicyclic) bond motifs is 1. The van der Waals surface area contributed by atoms with Crippen LogP contribution in [0.15, 0.2) is 18.2 Å². The Morgan fingerprint density at radius 3 is 3.13 bits per heavy atom. The van der Waals surface area contributed by atoms with E-state index in [1.54, 1.807) is 6.07 Å². The number of benzene rings is 1. The van der Waals surface area contributed by atoms with Gasteiger partial charge in [-0.15, -0.1) is 0 Å². The maximum Gasteiger partial charge on any atom is 0.183 e. The molecule has 1 aromatic heterocycles. The second kappa shape index (κ2) is 4.55. The molecule has 0 aliphatic rings. The van der Waals surface area contributed by atoms with Crippen molar-refractivity contribution in [2.24, 2.45) is 5.73 Å². The van der Waals surface area contributed by atoms with E-state index in [0.717, 1.165) is 28.3 Å². The lowest BCUT2D eigenvalue weighted by molar-refractivity contribution is 0.630. The average Bonchev–Trinajstić information content (AvgIpc) is 2.60. The van der Waals surface area contributed by atoms with E-state index in [4.69, 9.17) is 5.73 Å². The van der Waals surface area contributed by atoms with Crippen molar-refractivity contribution in [2.75, 3.05) is 18.4 Å². The summed E-state index contributed by atoms with van der Waals surface area (Å²) in [7, 11) is 0. The maximum atomic E-state index is 12.9. The molecule has 0 atom stereocenters. The second-order valence-electron chi connectivity index (χ2n) is 3.20. The van der Waals surface area contributed by atoms with E-state index >= 15 is 0 Å². The molecule has 0 radical (unpaired) electrons. The van der Waals surface area contributed by atoms with Crippen molar-refractivity contribution in [2.45, 2.75) is 6.42 Å². The van der Waals surface area contributed by atoms with Gasteiger partial charge in [0.25, 0.3) is 0 Å². The standard InChI is InChI=1S/C10H12FN3S/c11-7-2-3-8-9(6-7)15-10(14-8)13-5-1-4-12/h2-3,6H,1,4-5,12H2,(H,13,14). The summed E-state index contributed by atoms with van der Waals surface area (Å²) in [5, 5.41) is 3.98. The first kappa shape index (κ1) is 10.3. The monoisotopic (exact) mass is 225 g/mol. The van der Waals surface area contributed by atoms with E-state index in [-0.39, 0.29) is 5.82 Å². The molecule has 0 aliphatic carbocycles. The molecule has 0 saturated carbocycles. The third-order valence-corrected chi connectivity index (χ3v) is 2.98. The van der Waals surface area contributed by atoms with E-state index in [2.05, 4.69) is 10.3 Å². The van der Waals surface area contributed by atoms with Gasteiger partial charge >= 0.3 is 0 Å². The molecule has 3 nitrogen and oxygen atoms in total. The van der Waals surface area contributed by atoms with Crippen LogP contribution in [0.25, 0.3) is 10.2 Å². The number of hydrogen-bond donors (Lipinski definition) is 2. The van der Waals surface area contributed by atoms with Gasteiger partial charge in [0.05, 0.1) is 10.2 Å². The minimum atomic E-state index is -0.223. The summed E-state index contributed by atoms with van der Waals surface area (Å²) in [5.74, 6) is -0.223. The number of halogens is 1. The Hall–Kier alpha value is -1.20. The van der Waals surface area contributed by atoms with Crippen molar-refractivity contribution in [1.29, 1.82) is 0 Å². The van der Waals surface area contributed by atoms with Crippen LogP contribution in [0.2, 0.25) is 0 Å². The van der Waals surface area contributed by atoms with Gasteiger partial charge in [0.2, 0.25) is 0 Å². The topological polar surface area (TPSA) is 50.9 Å². The molecular formula is C10H12FN3S. The number of nitrogens with two attached hydrogens (primary N) is 1. The quantitative estimate of drug-likeness (QED) is 0.784. The van der Waals surface area contributed by atoms with Crippen molar-refractivity contribution in [3.05, 3.63) is 24.0 Å². The van der Waals surface area contributed by atoms with Gasteiger partial charge < -0.3 is 11.1 Å². The number of hydrogen-bond acceptors (Lipinski definition) is 4. The van der Waals surface area contributed by atoms with Gasteiger partial charge in [-0.05, 0) is 31.2 Å². The molecule has 0 saturated heterocycles. The summed E-state index contributed by atoms with van der Waals surface area (Å²) in [6.07, 6.45) is 0.907. The fourth-order valence-corrected chi connectivity index (χ4v) is 2.19. The van der Waals surface area contributed by atoms with Crippen LogP contribution in [-0.4, -0.2) is 18.1 Å². The predicted molar refractivity (Wildman–Crippen MR) is 61.7 cm³/mol. The van der Waals surface area contributed by atoms with E-state index in [9.17, 15) is 4.39 Å². The highest BCUT2D eigenvalue weighted by Crippen LogP contribution is 2.26. The summed E-state index contributed by atoms with van der Waals surface area (Å²) in [6, 6.07) is 4.61. The van der Waals surface area contributed by atoms with Gasteiger partial charge in [0.1, 0.15) is 5.82 Å². The van der Waals surface area contributed by atoms with E-state index in [0.29, 0.717) is 6.54 Å². The SMILES string of the molecule is NCCCNc1nc2ccc(F)cc2s1. The molecule has 2 rings (SSSR count). The molecule has 0 unspecified atom stereocenters. The van der Waals surface area contributed by atoms with Gasteiger partial charge in [0.15, 0.2) is 5.13 Å². The molecule has 1 aromatic carbocycles. The van der Waals surface area contributed by atoms with Crippen LogP contribution in [0.5, 0.6) is 0 Å². The van der Waals surface area contributed by atoms with Gasteiger partial charge in [0, 0.05) is 6.54 Å². The lowest BCUT2D eigenvalue weighted by Crippen LogP contribution is -2.07. The second-order valence-corrected chi connectivity index (χ2v) is 4.23. The Morgan fingerprint density at radius 2 is 2.33 bits per heavy atom. The van der Waals surface area contributed by atoms with Crippen LogP contribution in [0, 0.1) is 5.82 Å². The summed E-state index contributed by atoms with van der Waals surface area (Å²) in [5.41, 5.74) is 6.21.